The molecule has 1 aromatic carbocycles. The zero-order valence-corrected chi connectivity index (χ0v) is 13.9. The van der Waals surface area contributed by atoms with Crippen molar-refractivity contribution in [1.29, 1.82) is 0 Å². The SMILES string of the molecule is COc1ccc2c(c1OC)CN1CCc3sccc3[C@@H]1CC2. The molecule has 2 aliphatic rings. The Hall–Kier alpha value is -1.52. The summed E-state index contributed by atoms with van der Waals surface area (Å²) in [5.74, 6) is 1.75. The van der Waals surface area contributed by atoms with E-state index in [0.29, 0.717) is 6.04 Å². The van der Waals surface area contributed by atoms with E-state index in [9.17, 15) is 0 Å². The third kappa shape index (κ3) is 2.13. The molecule has 1 atom stereocenters. The maximum atomic E-state index is 5.67. The van der Waals surface area contributed by atoms with Crippen LogP contribution < -0.4 is 9.47 Å². The van der Waals surface area contributed by atoms with Gasteiger partial charge in [-0.3, -0.25) is 4.90 Å². The first kappa shape index (κ1) is 14.1. The molecule has 4 heteroatoms. The monoisotopic (exact) mass is 315 g/mol. The number of nitrogens with zero attached hydrogens (tertiary/aromatic N) is 1. The predicted octanol–water partition coefficient (Wildman–Crippen LogP) is 3.81. The van der Waals surface area contributed by atoms with E-state index in [0.717, 1.165) is 31.0 Å². The van der Waals surface area contributed by atoms with Crippen molar-refractivity contribution in [3.8, 4) is 11.5 Å². The van der Waals surface area contributed by atoms with Crippen molar-refractivity contribution in [3.05, 3.63) is 45.1 Å². The minimum atomic E-state index is 0.554. The minimum absolute atomic E-state index is 0.554. The topological polar surface area (TPSA) is 21.7 Å². The van der Waals surface area contributed by atoms with E-state index in [1.165, 1.54) is 24.0 Å². The molecule has 3 heterocycles. The number of benzene rings is 1. The summed E-state index contributed by atoms with van der Waals surface area (Å²) in [6.07, 6.45) is 3.46. The number of rotatable bonds is 2. The molecule has 0 spiro atoms. The van der Waals surface area contributed by atoms with Gasteiger partial charge < -0.3 is 9.47 Å². The fourth-order valence-corrected chi connectivity index (χ4v) is 4.84. The van der Waals surface area contributed by atoms with Crippen molar-refractivity contribution in [2.75, 3.05) is 20.8 Å². The Kier molecular flexibility index (Phi) is 3.59. The molecule has 0 saturated heterocycles. The molecule has 4 rings (SSSR count). The van der Waals surface area contributed by atoms with Crippen LogP contribution in [0.4, 0.5) is 0 Å². The van der Waals surface area contributed by atoms with E-state index in [1.807, 2.05) is 17.4 Å². The summed E-state index contributed by atoms with van der Waals surface area (Å²) >= 11 is 1.91. The van der Waals surface area contributed by atoms with Crippen LogP contribution in [0.5, 0.6) is 11.5 Å². The number of thiophene rings is 1. The van der Waals surface area contributed by atoms with Gasteiger partial charge in [0.1, 0.15) is 0 Å². The first-order chi connectivity index (χ1) is 10.8. The van der Waals surface area contributed by atoms with E-state index in [1.54, 1.807) is 24.7 Å². The molecule has 116 valence electrons. The number of hydrogen-bond donors (Lipinski definition) is 0. The van der Waals surface area contributed by atoms with Gasteiger partial charge in [0, 0.05) is 29.6 Å². The van der Waals surface area contributed by atoms with Gasteiger partial charge in [-0.1, -0.05) is 6.07 Å². The summed E-state index contributed by atoms with van der Waals surface area (Å²) in [7, 11) is 3.45. The zero-order valence-electron chi connectivity index (χ0n) is 13.1. The number of ether oxygens (including phenoxy) is 2. The second kappa shape index (κ2) is 5.60. The normalized spacial score (nSPS) is 20.5. The van der Waals surface area contributed by atoms with E-state index < -0.39 is 0 Å². The van der Waals surface area contributed by atoms with E-state index in [-0.39, 0.29) is 0 Å². The molecule has 22 heavy (non-hydrogen) atoms. The standard InChI is InChI=1S/C18H21NO2S/c1-20-16-6-4-12-3-5-15-13-8-10-22-17(13)7-9-19(15)11-14(12)18(16)21-2/h4,6,8,10,15H,3,5,7,9,11H2,1-2H3/t15-/m0/s1. The van der Waals surface area contributed by atoms with Crippen LogP contribution in [0, 0.1) is 0 Å². The molecule has 3 nitrogen and oxygen atoms in total. The number of fused-ring (bicyclic) bond motifs is 4. The minimum Gasteiger partial charge on any atom is -0.493 e. The van der Waals surface area contributed by atoms with Gasteiger partial charge in [-0.05, 0) is 47.9 Å². The van der Waals surface area contributed by atoms with E-state index in [2.05, 4.69) is 22.4 Å². The summed E-state index contributed by atoms with van der Waals surface area (Å²) in [5, 5.41) is 2.25. The maximum absolute atomic E-state index is 5.67. The van der Waals surface area contributed by atoms with Crippen molar-refractivity contribution in [1.82, 2.24) is 4.90 Å². The highest BCUT2D eigenvalue weighted by Crippen LogP contribution is 2.43. The molecule has 0 saturated carbocycles. The first-order valence-corrected chi connectivity index (χ1v) is 8.73. The third-order valence-corrected chi connectivity index (χ3v) is 6.00. The van der Waals surface area contributed by atoms with Crippen molar-refractivity contribution in [2.45, 2.75) is 31.8 Å². The summed E-state index contributed by atoms with van der Waals surface area (Å²) in [4.78, 5) is 4.19. The van der Waals surface area contributed by atoms with Crippen LogP contribution >= 0.6 is 11.3 Å². The van der Waals surface area contributed by atoms with Crippen molar-refractivity contribution < 1.29 is 9.47 Å². The van der Waals surface area contributed by atoms with Gasteiger partial charge in [0.25, 0.3) is 0 Å². The average Bonchev–Trinajstić information content (AvgIpc) is 2.94. The van der Waals surface area contributed by atoms with Crippen molar-refractivity contribution in [2.24, 2.45) is 0 Å². The van der Waals surface area contributed by atoms with Crippen LogP contribution in [0.15, 0.2) is 23.6 Å². The smallest absolute Gasteiger partial charge is 0.165 e. The van der Waals surface area contributed by atoms with Crippen molar-refractivity contribution in [3.63, 3.8) is 0 Å². The predicted molar refractivity (Wildman–Crippen MR) is 89.0 cm³/mol. The molecular weight excluding hydrogens is 294 g/mol. The molecule has 0 amide bonds. The van der Waals surface area contributed by atoms with E-state index in [4.69, 9.17) is 9.47 Å². The molecule has 1 aromatic heterocycles. The van der Waals surface area contributed by atoms with Crippen LogP contribution in [0.3, 0.4) is 0 Å². The molecule has 2 aliphatic heterocycles. The van der Waals surface area contributed by atoms with Gasteiger partial charge in [0.15, 0.2) is 11.5 Å². The lowest BCUT2D eigenvalue weighted by Gasteiger charge is -2.34. The van der Waals surface area contributed by atoms with Gasteiger partial charge in [-0.25, -0.2) is 0 Å². The molecule has 0 unspecified atom stereocenters. The lowest BCUT2D eigenvalue weighted by atomic mass is 9.96. The molecule has 2 aromatic rings. The summed E-state index contributed by atoms with van der Waals surface area (Å²) < 4.78 is 11.2. The summed E-state index contributed by atoms with van der Waals surface area (Å²) in [6.45, 7) is 2.09. The number of hydrogen-bond acceptors (Lipinski definition) is 4. The Morgan fingerprint density at radius 2 is 2.05 bits per heavy atom. The average molecular weight is 315 g/mol. The quantitative estimate of drug-likeness (QED) is 0.841. The Morgan fingerprint density at radius 3 is 2.86 bits per heavy atom. The highest BCUT2D eigenvalue weighted by molar-refractivity contribution is 7.10. The second-order valence-corrected chi connectivity index (χ2v) is 7.01. The molecule has 0 N–H and O–H groups in total. The van der Waals surface area contributed by atoms with Gasteiger partial charge >= 0.3 is 0 Å². The summed E-state index contributed by atoms with van der Waals surface area (Å²) in [5.41, 5.74) is 4.27. The Morgan fingerprint density at radius 1 is 1.14 bits per heavy atom. The number of aryl methyl sites for hydroxylation is 1. The van der Waals surface area contributed by atoms with Crippen molar-refractivity contribution >= 4 is 11.3 Å². The van der Waals surface area contributed by atoms with Crippen LogP contribution in [0.2, 0.25) is 0 Å². The van der Waals surface area contributed by atoms with Gasteiger partial charge in [-0.2, -0.15) is 0 Å². The van der Waals surface area contributed by atoms with Gasteiger partial charge in [0.05, 0.1) is 14.2 Å². The van der Waals surface area contributed by atoms with Gasteiger partial charge in [-0.15, -0.1) is 11.3 Å². The highest BCUT2D eigenvalue weighted by Gasteiger charge is 2.32. The van der Waals surface area contributed by atoms with Crippen LogP contribution in [0.25, 0.3) is 0 Å². The van der Waals surface area contributed by atoms with Gasteiger partial charge in [0.2, 0.25) is 0 Å². The second-order valence-electron chi connectivity index (χ2n) is 6.01. The number of methoxy groups -OCH3 is 2. The third-order valence-electron chi connectivity index (χ3n) is 5.00. The zero-order chi connectivity index (χ0) is 15.1. The molecular formula is C18H21NO2S. The first-order valence-electron chi connectivity index (χ1n) is 7.85. The fourth-order valence-electron chi connectivity index (χ4n) is 3.91. The Bertz CT molecular complexity index is 694. The lowest BCUT2D eigenvalue weighted by molar-refractivity contribution is 0.173. The van der Waals surface area contributed by atoms with Crippen LogP contribution in [-0.4, -0.2) is 25.7 Å². The Labute approximate surface area is 135 Å². The largest absolute Gasteiger partial charge is 0.493 e. The molecule has 0 fully saturated rings. The fraction of sp³-hybridized carbons (Fsp3) is 0.444. The van der Waals surface area contributed by atoms with Crippen LogP contribution in [0.1, 0.15) is 34.0 Å². The molecule has 0 radical (unpaired) electrons. The highest BCUT2D eigenvalue weighted by atomic mass is 32.1. The summed E-state index contributed by atoms with van der Waals surface area (Å²) in [6, 6.07) is 7.13. The van der Waals surface area contributed by atoms with Crippen LogP contribution in [-0.2, 0) is 19.4 Å². The van der Waals surface area contributed by atoms with E-state index >= 15 is 0 Å². The lowest BCUT2D eigenvalue weighted by Crippen LogP contribution is -2.33. The molecule has 0 bridgehead atoms. The Balaban J connectivity index is 1.75. The molecule has 0 aliphatic carbocycles. The maximum Gasteiger partial charge on any atom is 0.165 e.